The molecule has 0 aliphatic heterocycles. The van der Waals surface area contributed by atoms with E-state index < -0.39 is 0 Å². The van der Waals surface area contributed by atoms with Crippen LogP contribution >= 0.6 is 15.9 Å². The highest BCUT2D eigenvalue weighted by Crippen LogP contribution is 2.25. The number of hydrogen-bond donors (Lipinski definition) is 1. The van der Waals surface area contributed by atoms with Crippen molar-refractivity contribution in [3.8, 4) is 11.5 Å². The van der Waals surface area contributed by atoms with Crippen LogP contribution in [0.25, 0.3) is 0 Å². The highest BCUT2D eigenvalue weighted by molar-refractivity contribution is 9.10. The summed E-state index contributed by atoms with van der Waals surface area (Å²) in [6, 6.07) is 13.2. The molecule has 0 atom stereocenters. The molecule has 0 saturated carbocycles. The second kappa shape index (κ2) is 5.78. The van der Waals surface area contributed by atoms with Gasteiger partial charge in [0.15, 0.2) is 0 Å². The van der Waals surface area contributed by atoms with Crippen molar-refractivity contribution in [2.45, 2.75) is 6.61 Å². The fraction of sp³-hybridized carbons (Fsp3) is 0.143. The van der Waals surface area contributed by atoms with E-state index in [0.717, 1.165) is 21.5 Å². The number of anilines is 1. The zero-order valence-corrected chi connectivity index (χ0v) is 11.6. The van der Waals surface area contributed by atoms with Crippen LogP contribution in [-0.4, -0.2) is 7.11 Å². The molecule has 3 nitrogen and oxygen atoms in total. The lowest BCUT2D eigenvalue weighted by Crippen LogP contribution is -2.01. The Labute approximate surface area is 115 Å². The van der Waals surface area contributed by atoms with Crippen molar-refractivity contribution in [2.24, 2.45) is 0 Å². The van der Waals surface area contributed by atoms with Crippen LogP contribution < -0.4 is 15.2 Å². The second-order valence-electron chi connectivity index (χ2n) is 3.78. The molecule has 0 bridgehead atoms. The predicted molar refractivity (Wildman–Crippen MR) is 75.9 cm³/mol. The number of rotatable bonds is 4. The molecule has 4 heteroatoms. The lowest BCUT2D eigenvalue weighted by atomic mass is 10.2. The van der Waals surface area contributed by atoms with Crippen molar-refractivity contribution >= 4 is 21.6 Å². The minimum atomic E-state index is 0.417. The van der Waals surface area contributed by atoms with Crippen LogP contribution in [0.5, 0.6) is 11.5 Å². The van der Waals surface area contributed by atoms with Gasteiger partial charge in [0.1, 0.15) is 18.1 Å². The molecule has 0 aliphatic rings. The Morgan fingerprint density at radius 2 is 1.83 bits per heavy atom. The van der Waals surface area contributed by atoms with Gasteiger partial charge in [-0.15, -0.1) is 0 Å². The number of hydrogen-bond acceptors (Lipinski definition) is 3. The van der Waals surface area contributed by atoms with Crippen molar-refractivity contribution in [3.05, 3.63) is 52.5 Å². The first-order valence-corrected chi connectivity index (χ1v) is 6.29. The van der Waals surface area contributed by atoms with Crippen molar-refractivity contribution in [1.82, 2.24) is 0 Å². The molecule has 0 aromatic heterocycles. The summed E-state index contributed by atoms with van der Waals surface area (Å²) < 4.78 is 11.8. The van der Waals surface area contributed by atoms with Crippen molar-refractivity contribution in [1.29, 1.82) is 0 Å². The summed E-state index contributed by atoms with van der Waals surface area (Å²) in [6.45, 7) is 0.417. The van der Waals surface area contributed by atoms with Gasteiger partial charge in [0.25, 0.3) is 0 Å². The maximum absolute atomic E-state index is 5.91. The van der Waals surface area contributed by atoms with Crippen LogP contribution in [-0.2, 0) is 6.61 Å². The van der Waals surface area contributed by atoms with Gasteiger partial charge in [-0.05, 0) is 24.3 Å². The molecule has 2 aromatic rings. The van der Waals surface area contributed by atoms with E-state index in [1.807, 2.05) is 42.5 Å². The third-order valence-corrected chi connectivity index (χ3v) is 3.32. The third kappa shape index (κ3) is 2.96. The number of ether oxygens (including phenoxy) is 2. The number of nitrogen functional groups attached to an aromatic ring is 1. The molecule has 2 rings (SSSR count). The molecular weight excluding hydrogens is 294 g/mol. The zero-order chi connectivity index (χ0) is 13.0. The van der Waals surface area contributed by atoms with Crippen LogP contribution in [0.15, 0.2) is 46.9 Å². The molecule has 0 fully saturated rings. The van der Waals surface area contributed by atoms with E-state index in [1.165, 1.54) is 0 Å². The second-order valence-corrected chi connectivity index (χ2v) is 4.63. The van der Waals surface area contributed by atoms with Gasteiger partial charge in [-0.25, -0.2) is 0 Å². The Morgan fingerprint density at radius 1 is 1.11 bits per heavy atom. The zero-order valence-electron chi connectivity index (χ0n) is 10.0. The molecular formula is C14H14BrNO2. The van der Waals surface area contributed by atoms with E-state index in [9.17, 15) is 0 Å². The van der Waals surface area contributed by atoms with Crippen molar-refractivity contribution in [2.75, 3.05) is 12.8 Å². The van der Waals surface area contributed by atoms with Gasteiger partial charge in [-0.3, -0.25) is 0 Å². The quantitative estimate of drug-likeness (QED) is 0.877. The molecule has 0 amide bonds. The first kappa shape index (κ1) is 12.8. The fourth-order valence-corrected chi connectivity index (χ4v) is 2.07. The minimum Gasteiger partial charge on any atom is -0.497 e. The number of benzene rings is 2. The standard InChI is InChI=1S/C14H14BrNO2/c1-17-10-4-2-5-11(8-10)18-9-12-13(15)6-3-7-14(12)16/h2-8H,9,16H2,1H3. The van der Waals surface area contributed by atoms with Crippen LogP contribution in [0, 0.1) is 0 Å². The van der Waals surface area contributed by atoms with Gasteiger partial charge < -0.3 is 15.2 Å². The van der Waals surface area contributed by atoms with Gasteiger partial charge >= 0.3 is 0 Å². The molecule has 0 aliphatic carbocycles. The number of nitrogens with two attached hydrogens (primary N) is 1. The third-order valence-electron chi connectivity index (χ3n) is 2.58. The Morgan fingerprint density at radius 3 is 2.56 bits per heavy atom. The maximum Gasteiger partial charge on any atom is 0.123 e. The fourth-order valence-electron chi connectivity index (χ4n) is 1.57. The Kier molecular flexibility index (Phi) is 4.10. The maximum atomic E-state index is 5.91. The normalized spacial score (nSPS) is 10.1. The lowest BCUT2D eigenvalue weighted by Gasteiger charge is -2.11. The van der Waals surface area contributed by atoms with E-state index >= 15 is 0 Å². The lowest BCUT2D eigenvalue weighted by molar-refractivity contribution is 0.303. The number of halogens is 1. The summed E-state index contributed by atoms with van der Waals surface area (Å²) in [6.07, 6.45) is 0. The molecule has 94 valence electrons. The molecule has 0 spiro atoms. The molecule has 2 N–H and O–H groups in total. The smallest absolute Gasteiger partial charge is 0.123 e. The summed E-state index contributed by atoms with van der Waals surface area (Å²) >= 11 is 3.46. The first-order valence-electron chi connectivity index (χ1n) is 5.50. The highest BCUT2D eigenvalue weighted by atomic mass is 79.9. The molecule has 2 aromatic carbocycles. The monoisotopic (exact) mass is 307 g/mol. The largest absolute Gasteiger partial charge is 0.497 e. The predicted octanol–water partition coefficient (Wildman–Crippen LogP) is 3.62. The topological polar surface area (TPSA) is 44.5 Å². The Hall–Kier alpha value is -1.68. The van der Waals surface area contributed by atoms with Crippen LogP contribution in [0.1, 0.15) is 5.56 Å². The average molecular weight is 308 g/mol. The molecule has 18 heavy (non-hydrogen) atoms. The molecule has 0 heterocycles. The molecule has 0 radical (unpaired) electrons. The summed E-state index contributed by atoms with van der Waals surface area (Å²) in [4.78, 5) is 0. The van der Waals surface area contributed by atoms with Crippen molar-refractivity contribution < 1.29 is 9.47 Å². The summed E-state index contributed by atoms with van der Waals surface area (Å²) in [5.74, 6) is 1.53. The van der Waals surface area contributed by atoms with Gasteiger partial charge in [0, 0.05) is 21.8 Å². The SMILES string of the molecule is COc1cccc(OCc2c(N)cccc2Br)c1. The minimum absolute atomic E-state index is 0.417. The molecule has 0 saturated heterocycles. The Balaban J connectivity index is 2.11. The summed E-state index contributed by atoms with van der Waals surface area (Å²) in [5.41, 5.74) is 7.57. The average Bonchev–Trinajstić information content (AvgIpc) is 2.38. The first-order chi connectivity index (χ1) is 8.70. The van der Waals surface area contributed by atoms with E-state index in [-0.39, 0.29) is 0 Å². The van der Waals surface area contributed by atoms with Crippen LogP contribution in [0.3, 0.4) is 0 Å². The Bertz CT molecular complexity index is 523. The summed E-state index contributed by atoms with van der Waals surface area (Å²) in [7, 11) is 1.63. The van der Waals surface area contributed by atoms with E-state index in [2.05, 4.69) is 15.9 Å². The van der Waals surface area contributed by atoms with Gasteiger partial charge in [0.2, 0.25) is 0 Å². The van der Waals surface area contributed by atoms with E-state index in [4.69, 9.17) is 15.2 Å². The highest BCUT2D eigenvalue weighted by Gasteiger charge is 2.05. The summed E-state index contributed by atoms with van der Waals surface area (Å²) in [5, 5.41) is 0. The van der Waals surface area contributed by atoms with Gasteiger partial charge in [-0.1, -0.05) is 28.1 Å². The van der Waals surface area contributed by atoms with E-state index in [1.54, 1.807) is 7.11 Å². The van der Waals surface area contributed by atoms with Crippen LogP contribution in [0.2, 0.25) is 0 Å². The van der Waals surface area contributed by atoms with E-state index in [0.29, 0.717) is 12.3 Å². The van der Waals surface area contributed by atoms with Crippen molar-refractivity contribution in [3.63, 3.8) is 0 Å². The van der Waals surface area contributed by atoms with Gasteiger partial charge in [0.05, 0.1) is 7.11 Å². The van der Waals surface area contributed by atoms with Gasteiger partial charge in [-0.2, -0.15) is 0 Å². The molecule has 0 unspecified atom stereocenters. The number of methoxy groups -OCH3 is 1. The van der Waals surface area contributed by atoms with Crippen LogP contribution in [0.4, 0.5) is 5.69 Å².